The van der Waals surface area contributed by atoms with Crippen molar-refractivity contribution in [1.82, 2.24) is 4.57 Å². The third-order valence-corrected chi connectivity index (χ3v) is 2.70. The highest BCUT2D eigenvalue weighted by Gasteiger charge is 2.15. The normalized spacial score (nSPS) is 21.3. The van der Waals surface area contributed by atoms with Crippen molar-refractivity contribution in [3.63, 3.8) is 0 Å². The van der Waals surface area contributed by atoms with E-state index in [1.54, 1.807) is 0 Å². The van der Waals surface area contributed by atoms with Crippen molar-refractivity contribution in [1.29, 1.82) is 0 Å². The molecule has 76 valence electrons. The third kappa shape index (κ3) is 2.04. The molecule has 0 bridgehead atoms. The average molecular weight is 193 g/mol. The second-order valence-corrected chi connectivity index (χ2v) is 3.67. The minimum absolute atomic E-state index is 0.400. The number of aromatic nitrogens is 1. The molecular weight excluding hydrogens is 178 g/mol. The molecule has 2 rings (SSSR count). The average Bonchev–Trinajstić information content (AvgIpc) is 2.85. The van der Waals surface area contributed by atoms with Crippen molar-refractivity contribution in [2.75, 3.05) is 6.61 Å². The molecule has 14 heavy (non-hydrogen) atoms. The Balaban J connectivity index is 1.87. The van der Waals surface area contributed by atoms with Gasteiger partial charge in [-0.05, 0) is 31.4 Å². The Kier molecular flexibility index (Phi) is 2.99. The van der Waals surface area contributed by atoms with Crippen LogP contribution in [0.25, 0.3) is 0 Å². The first kappa shape index (κ1) is 9.46. The lowest BCUT2D eigenvalue weighted by Gasteiger charge is -2.10. The maximum Gasteiger partial charge on any atom is 0.166 e. The van der Waals surface area contributed by atoms with Gasteiger partial charge in [-0.15, -0.1) is 0 Å². The zero-order chi connectivity index (χ0) is 9.80. The summed E-state index contributed by atoms with van der Waals surface area (Å²) in [5.74, 6) is 0. The molecule has 0 aliphatic carbocycles. The Labute approximate surface area is 83.7 Å². The van der Waals surface area contributed by atoms with Crippen LogP contribution in [0.5, 0.6) is 0 Å². The lowest BCUT2D eigenvalue weighted by Crippen LogP contribution is -2.10. The molecule has 1 atom stereocenters. The van der Waals surface area contributed by atoms with Crippen LogP contribution >= 0.6 is 0 Å². The molecule has 1 aliphatic rings. The van der Waals surface area contributed by atoms with Crippen LogP contribution in [0.4, 0.5) is 0 Å². The van der Waals surface area contributed by atoms with Crippen LogP contribution < -0.4 is 0 Å². The van der Waals surface area contributed by atoms with Crippen LogP contribution in [0, 0.1) is 0 Å². The van der Waals surface area contributed by atoms with Gasteiger partial charge >= 0.3 is 0 Å². The second kappa shape index (κ2) is 4.42. The van der Waals surface area contributed by atoms with Gasteiger partial charge in [-0.2, -0.15) is 0 Å². The van der Waals surface area contributed by atoms with E-state index in [4.69, 9.17) is 4.74 Å². The molecule has 2 heterocycles. The van der Waals surface area contributed by atoms with Crippen LogP contribution in [0.15, 0.2) is 18.3 Å². The summed E-state index contributed by atoms with van der Waals surface area (Å²) in [6.45, 7) is 1.78. The van der Waals surface area contributed by atoms with E-state index in [-0.39, 0.29) is 0 Å². The van der Waals surface area contributed by atoms with E-state index in [2.05, 4.69) is 0 Å². The topological polar surface area (TPSA) is 31.2 Å². The van der Waals surface area contributed by atoms with Crippen molar-refractivity contribution < 1.29 is 9.53 Å². The van der Waals surface area contributed by atoms with Gasteiger partial charge in [0.15, 0.2) is 6.29 Å². The first-order chi connectivity index (χ1) is 6.90. The number of aryl methyl sites for hydroxylation is 1. The van der Waals surface area contributed by atoms with Gasteiger partial charge in [-0.3, -0.25) is 4.79 Å². The molecule has 1 unspecified atom stereocenters. The monoisotopic (exact) mass is 193 g/mol. The molecule has 1 aliphatic heterocycles. The molecule has 0 N–H and O–H groups in total. The number of nitrogens with zero attached hydrogens (tertiary/aromatic N) is 1. The van der Waals surface area contributed by atoms with Crippen LogP contribution in [-0.2, 0) is 11.3 Å². The van der Waals surface area contributed by atoms with Gasteiger partial charge in [-0.25, -0.2) is 0 Å². The van der Waals surface area contributed by atoms with Crippen LogP contribution in [0.1, 0.15) is 29.8 Å². The van der Waals surface area contributed by atoms with Crippen molar-refractivity contribution >= 4 is 6.29 Å². The number of hydrogen-bond donors (Lipinski definition) is 0. The first-order valence-corrected chi connectivity index (χ1v) is 5.12. The molecule has 0 amide bonds. The number of hydrogen-bond acceptors (Lipinski definition) is 2. The summed E-state index contributed by atoms with van der Waals surface area (Å²) in [5, 5.41) is 0. The highest BCUT2D eigenvalue weighted by atomic mass is 16.5. The molecule has 3 heteroatoms. The molecule has 1 aromatic heterocycles. The van der Waals surface area contributed by atoms with E-state index in [1.165, 1.54) is 6.42 Å². The second-order valence-electron chi connectivity index (χ2n) is 3.67. The zero-order valence-corrected chi connectivity index (χ0v) is 8.19. The standard InChI is InChI=1S/C11H15NO2/c13-9-10-3-1-6-12(10)7-5-11-4-2-8-14-11/h1,3,6,9,11H,2,4-5,7-8H2. The van der Waals surface area contributed by atoms with Crippen molar-refractivity contribution in [3.05, 3.63) is 24.0 Å². The van der Waals surface area contributed by atoms with Crippen molar-refractivity contribution in [3.8, 4) is 0 Å². The zero-order valence-electron chi connectivity index (χ0n) is 8.19. The van der Waals surface area contributed by atoms with Crippen molar-refractivity contribution in [2.45, 2.75) is 31.9 Å². The number of aldehydes is 1. The predicted molar refractivity (Wildman–Crippen MR) is 53.4 cm³/mol. The van der Waals surface area contributed by atoms with Gasteiger partial charge in [0.05, 0.1) is 11.8 Å². The number of ether oxygens (including phenoxy) is 1. The fraction of sp³-hybridized carbons (Fsp3) is 0.545. The molecular formula is C11H15NO2. The maximum atomic E-state index is 10.6. The Hall–Kier alpha value is -1.09. The lowest BCUT2D eigenvalue weighted by molar-refractivity contribution is 0.0994. The SMILES string of the molecule is O=Cc1cccn1CCC1CCCO1. The summed E-state index contributed by atoms with van der Waals surface area (Å²) in [5.41, 5.74) is 0.753. The van der Waals surface area contributed by atoms with E-state index in [9.17, 15) is 4.79 Å². The first-order valence-electron chi connectivity index (χ1n) is 5.12. The quantitative estimate of drug-likeness (QED) is 0.683. The molecule has 0 saturated carbocycles. The number of rotatable bonds is 4. The van der Waals surface area contributed by atoms with Crippen LogP contribution in [0.2, 0.25) is 0 Å². The summed E-state index contributed by atoms with van der Waals surface area (Å²) in [6.07, 6.45) is 6.59. The number of carbonyl (C=O) groups excluding carboxylic acids is 1. The van der Waals surface area contributed by atoms with Gasteiger partial charge in [-0.1, -0.05) is 0 Å². The Morgan fingerprint density at radius 1 is 1.64 bits per heavy atom. The van der Waals surface area contributed by atoms with E-state index >= 15 is 0 Å². The molecule has 0 radical (unpaired) electrons. The third-order valence-electron chi connectivity index (χ3n) is 2.70. The van der Waals surface area contributed by atoms with E-state index < -0.39 is 0 Å². The van der Waals surface area contributed by atoms with Gasteiger partial charge in [0.25, 0.3) is 0 Å². The highest BCUT2D eigenvalue weighted by molar-refractivity contribution is 5.72. The summed E-state index contributed by atoms with van der Waals surface area (Å²) in [7, 11) is 0. The number of carbonyl (C=O) groups is 1. The fourth-order valence-electron chi connectivity index (χ4n) is 1.89. The maximum absolute atomic E-state index is 10.6. The fourth-order valence-corrected chi connectivity index (χ4v) is 1.89. The molecule has 1 fully saturated rings. The van der Waals surface area contributed by atoms with Gasteiger partial charge in [0.1, 0.15) is 0 Å². The van der Waals surface area contributed by atoms with E-state index in [0.29, 0.717) is 6.10 Å². The van der Waals surface area contributed by atoms with E-state index in [1.807, 2.05) is 22.9 Å². The summed E-state index contributed by atoms with van der Waals surface area (Å²) >= 11 is 0. The van der Waals surface area contributed by atoms with E-state index in [0.717, 1.165) is 38.0 Å². The molecule has 1 aromatic rings. The van der Waals surface area contributed by atoms with Gasteiger partial charge in [0, 0.05) is 19.3 Å². The summed E-state index contributed by atoms with van der Waals surface area (Å²) in [4.78, 5) is 10.6. The Morgan fingerprint density at radius 3 is 3.29 bits per heavy atom. The Bertz CT molecular complexity index is 300. The molecule has 0 aromatic carbocycles. The largest absolute Gasteiger partial charge is 0.378 e. The van der Waals surface area contributed by atoms with Gasteiger partial charge < -0.3 is 9.30 Å². The highest BCUT2D eigenvalue weighted by Crippen LogP contribution is 2.16. The van der Waals surface area contributed by atoms with Gasteiger partial charge in [0.2, 0.25) is 0 Å². The summed E-state index contributed by atoms with van der Waals surface area (Å²) in [6, 6.07) is 3.74. The lowest BCUT2D eigenvalue weighted by atomic mass is 10.2. The van der Waals surface area contributed by atoms with Crippen LogP contribution in [0.3, 0.4) is 0 Å². The van der Waals surface area contributed by atoms with Crippen LogP contribution in [-0.4, -0.2) is 23.6 Å². The smallest absolute Gasteiger partial charge is 0.166 e. The summed E-state index contributed by atoms with van der Waals surface area (Å²) < 4.78 is 7.50. The Morgan fingerprint density at radius 2 is 2.57 bits per heavy atom. The minimum Gasteiger partial charge on any atom is -0.378 e. The predicted octanol–water partition coefficient (Wildman–Crippen LogP) is 1.87. The minimum atomic E-state index is 0.400. The molecule has 3 nitrogen and oxygen atoms in total. The molecule has 0 spiro atoms. The molecule has 1 saturated heterocycles. The van der Waals surface area contributed by atoms with Crippen molar-refractivity contribution in [2.24, 2.45) is 0 Å².